The Hall–Kier alpha value is -1.86. The normalized spacial score (nSPS) is 29.4. The van der Waals surface area contributed by atoms with Gasteiger partial charge in [-0.2, -0.15) is 0 Å². The molecule has 0 unspecified atom stereocenters. The predicted octanol–water partition coefficient (Wildman–Crippen LogP) is 3.60. The van der Waals surface area contributed by atoms with Gasteiger partial charge in [0, 0.05) is 12.1 Å². The summed E-state index contributed by atoms with van der Waals surface area (Å²) in [6.07, 6.45) is 4.16. The summed E-state index contributed by atoms with van der Waals surface area (Å²) in [5.41, 5.74) is 4.56. The molecule has 4 aliphatic rings. The van der Waals surface area contributed by atoms with Gasteiger partial charge in [-0.15, -0.1) is 0 Å². The molecule has 4 aliphatic heterocycles. The van der Waals surface area contributed by atoms with E-state index in [2.05, 4.69) is 10.6 Å². The van der Waals surface area contributed by atoms with Crippen LogP contribution in [0.5, 0.6) is 0 Å². The highest BCUT2D eigenvalue weighted by molar-refractivity contribution is 5.34. The topological polar surface area (TPSA) is 42.5 Å². The van der Waals surface area contributed by atoms with Crippen molar-refractivity contribution in [2.24, 2.45) is 0 Å². The number of benzene rings is 2. The van der Waals surface area contributed by atoms with E-state index in [9.17, 15) is 8.78 Å². The van der Waals surface area contributed by atoms with E-state index in [0.29, 0.717) is 12.1 Å². The molecule has 2 aromatic rings. The fourth-order valence-corrected chi connectivity index (χ4v) is 4.69. The fourth-order valence-electron chi connectivity index (χ4n) is 4.69. The molecule has 0 aromatic heterocycles. The summed E-state index contributed by atoms with van der Waals surface area (Å²) < 4.78 is 37.8. The average molecular weight is 414 g/mol. The van der Waals surface area contributed by atoms with E-state index in [1.54, 1.807) is 12.1 Å². The van der Waals surface area contributed by atoms with E-state index in [1.807, 2.05) is 12.1 Å². The molecule has 2 aromatic carbocycles. The summed E-state index contributed by atoms with van der Waals surface area (Å²) >= 11 is 0. The molecule has 4 atom stereocenters. The first-order valence-corrected chi connectivity index (χ1v) is 11.0. The molecular weight excluding hydrogens is 386 g/mol. The molecule has 6 rings (SSSR count). The number of ether oxygens (including phenoxy) is 2. The van der Waals surface area contributed by atoms with Crippen LogP contribution in [0.25, 0.3) is 0 Å². The predicted molar refractivity (Wildman–Crippen MR) is 110 cm³/mol. The molecule has 4 heterocycles. The van der Waals surface area contributed by atoms with Gasteiger partial charge in [0.05, 0.1) is 25.4 Å². The minimum absolute atomic E-state index is 0.0539. The molecule has 160 valence electrons. The second-order valence-electron chi connectivity index (χ2n) is 8.47. The first-order chi connectivity index (χ1) is 14.7. The lowest BCUT2D eigenvalue weighted by Gasteiger charge is -2.38. The Kier molecular flexibility index (Phi) is 5.83. The van der Waals surface area contributed by atoms with Crippen molar-refractivity contribution in [3.63, 3.8) is 0 Å². The third-order valence-corrected chi connectivity index (χ3v) is 6.62. The number of halogens is 2. The molecule has 0 saturated carbocycles. The van der Waals surface area contributed by atoms with Crippen LogP contribution < -0.4 is 10.6 Å². The highest BCUT2D eigenvalue weighted by Crippen LogP contribution is 2.34. The lowest BCUT2D eigenvalue weighted by molar-refractivity contribution is -0.00175. The van der Waals surface area contributed by atoms with Gasteiger partial charge in [-0.25, -0.2) is 8.78 Å². The van der Waals surface area contributed by atoms with Crippen LogP contribution >= 0.6 is 0 Å². The van der Waals surface area contributed by atoms with Gasteiger partial charge in [-0.3, -0.25) is 0 Å². The van der Waals surface area contributed by atoms with Gasteiger partial charge in [-0.05, 0) is 85.3 Å². The Bertz CT molecular complexity index is 825. The van der Waals surface area contributed by atoms with Crippen LogP contribution in [0.3, 0.4) is 0 Å². The lowest BCUT2D eigenvalue weighted by Crippen LogP contribution is -2.48. The summed E-state index contributed by atoms with van der Waals surface area (Å²) in [5, 5.41) is 6.66. The molecule has 0 spiro atoms. The largest absolute Gasteiger partial charge is 0.372 e. The van der Waals surface area contributed by atoms with Gasteiger partial charge in [0.1, 0.15) is 11.6 Å². The third-order valence-electron chi connectivity index (χ3n) is 6.62. The van der Waals surface area contributed by atoms with Crippen LogP contribution in [0.4, 0.5) is 8.78 Å². The first kappa shape index (κ1) is 20.1. The molecule has 0 radical (unpaired) electrons. The summed E-state index contributed by atoms with van der Waals surface area (Å²) in [6.45, 7) is 3.60. The molecule has 0 amide bonds. The Morgan fingerprint density at radius 1 is 0.700 bits per heavy atom. The van der Waals surface area contributed by atoms with E-state index < -0.39 is 0 Å². The van der Waals surface area contributed by atoms with E-state index in [0.717, 1.165) is 63.1 Å². The van der Waals surface area contributed by atoms with Crippen molar-refractivity contribution in [2.45, 2.75) is 50.0 Å². The monoisotopic (exact) mass is 414 g/mol. The van der Waals surface area contributed by atoms with Crippen molar-refractivity contribution < 1.29 is 18.3 Å². The van der Waals surface area contributed by atoms with Crippen molar-refractivity contribution in [2.75, 3.05) is 26.3 Å². The van der Waals surface area contributed by atoms with Crippen LogP contribution in [0.15, 0.2) is 36.4 Å². The maximum atomic E-state index is 13.2. The quantitative estimate of drug-likeness (QED) is 0.788. The van der Waals surface area contributed by atoms with Crippen LogP contribution in [-0.4, -0.2) is 38.4 Å². The fraction of sp³-hybridized carbons (Fsp3) is 0.500. The maximum Gasteiger partial charge on any atom is 0.123 e. The second-order valence-corrected chi connectivity index (χ2v) is 8.47. The zero-order valence-corrected chi connectivity index (χ0v) is 17.0. The second kappa shape index (κ2) is 8.71. The molecule has 0 bridgehead atoms. The van der Waals surface area contributed by atoms with E-state index in [4.69, 9.17) is 9.47 Å². The first-order valence-electron chi connectivity index (χ1n) is 11.0. The van der Waals surface area contributed by atoms with Crippen molar-refractivity contribution in [1.29, 1.82) is 0 Å². The molecule has 4 nitrogen and oxygen atoms in total. The maximum absolute atomic E-state index is 13.2. The van der Waals surface area contributed by atoms with Gasteiger partial charge in [-0.1, -0.05) is 12.1 Å². The highest BCUT2D eigenvalue weighted by Gasteiger charge is 2.33. The van der Waals surface area contributed by atoms with Crippen molar-refractivity contribution in [3.05, 3.63) is 70.3 Å². The van der Waals surface area contributed by atoms with Gasteiger partial charge in [0.15, 0.2) is 0 Å². The molecule has 0 aliphatic carbocycles. The average Bonchev–Trinajstić information content (AvgIpc) is 2.67. The molecule has 30 heavy (non-hydrogen) atoms. The summed E-state index contributed by atoms with van der Waals surface area (Å²) in [7, 11) is 0. The van der Waals surface area contributed by atoms with Gasteiger partial charge in [0.25, 0.3) is 0 Å². The molecule has 2 fully saturated rings. The highest BCUT2D eigenvalue weighted by atomic mass is 19.1. The SMILES string of the molecule is Fc1ccc2c(c1)[C@@H]([C@@H]1CCN1)OCC2.Fc1ccc2c(c1)[C@H]([C@@H]1CCN1)OCC2. The minimum atomic E-state index is -0.163. The smallest absolute Gasteiger partial charge is 0.123 e. The summed E-state index contributed by atoms with van der Waals surface area (Å²) in [4.78, 5) is 0. The number of hydrogen-bond acceptors (Lipinski definition) is 4. The van der Waals surface area contributed by atoms with E-state index in [-0.39, 0.29) is 23.8 Å². The molecular formula is C24H28F2N2O2. The standard InChI is InChI=1S/2C12H14FNO/c2*13-9-2-1-8-4-6-15-12(10(8)7-9)11-3-5-14-11/h2*1-2,7,11-12,14H,3-6H2/t11-,12+;11-,12-/m00/s1. The molecule has 2 saturated heterocycles. The Balaban J connectivity index is 0.000000128. The van der Waals surface area contributed by atoms with Crippen molar-refractivity contribution in [1.82, 2.24) is 10.6 Å². The molecule has 2 N–H and O–H groups in total. The summed E-state index contributed by atoms with van der Waals surface area (Å²) in [5.74, 6) is -0.327. The number of nitrogens with one attached hydrogen (secondary N) is 2. The van der Waals surface area contributed by atoms with Gasteiger partial charge in [0.2, 0.25) is 0 Å². The molecule has 6 heteroatoms. The van der Waals surface area contributed by atoms with Crippen LogP contribution in [0, 0.1) is 11.6 Å². The van der Waals surface area contributed by atoms with E-state index in [1.165, 1.54) is 23.3 Å². The van der Waals surface area contributed by atoms with Crippen molar-refractivity contribution >= 4 is 0 Å². The number of rotatable bonds is 2. The number of fused-ring (bicyclic) bond motifs is 2. The van der Waals surface area contributed by atoms with Gasteiger partial charge < -0.3 is 20.1 Å². The van der Waals surface area contributed by atoms with Crippen LogP contribution in [-0.2, 0) is 22.3 Å². The lowest BCUT2D eigenvalue weighted by atomic mass is 9.89. The van der Waals surface area contributed by atoms with Crippen molar-refractivity contribution in [3.8, 4) is 0 Å². The third kappa shape index (κ3) is 4.02. The number of hydrogen-bond donors (Lipinski definition) is 2. The Labute approximate surface area is 176 Å². The minimum Gasteiger partial charge on any atom is -0.372 e. The van der Waals surface area contributed by atoms with E-state index >= 15 is 0 Å². The van der Waals surface area contributed by atoms with Gasteiger partial charge >= 0.3 is 0 Å². The Morgan fingerprint density at radius 2 is 1.13 bits per heavy atom. The zero-order chi connectivity index (χ0) is 20.5. The Morgan fingerprint density at radius 3 is 1.50 bits per heavy atom. The zero-order valence-electron chi connectivity index (χ0n) is 17.0. The van der Waals surface area contributed by atoms with Crippen LogP contribution in [0.2, 0.25) is 0 Å². The van der Waals surface area contributed by atoms with Crippen LogP contribution in [0.1, 0.15) is 47.3 Å². The summed E-state index contributed by atoms with van der Waals surface area (Å²) in [6, 6.07) is 10.9.